The van der Waals surface area contributed by atoms with E-state index in [1.165, 1.54) is 64.2 Å². The van der Waals surface area contributed by atoms with Crippen LogP contribution in [0.3, 0.4) is 0 Å². The molecule has 0 radical (unpaired) electrons. The summed E-state index contributed by atoms with van der Waals surface area (Å²) in [6.45, 7) is 4.71. The molecule has 8 nitrogen and oxygen atoms in total. The number of rotatable bonds is 27. The molecule has 0 saturated carbocycles. The Morgan fingerprint density at radius 2 is 1.36 bits per heavy atom. The number of carbonyl (C=O) groups is 1. The van der Waals surface area contributed by atoms with Crippen molar-refractivity contribution in [3.05, 3.63) is 12.2 Å². The Labute approximate surface area is 240 Å². The van der Waals surface area contributed by atoms with Gasteiger partial charge in [-0.05, 0) is 19.3 Å². The zero-order valence-corrected chi connectivity index (χ0v) is 26.8. The average molecular weight is 578 g/mol. The summed E-state index contributed by atoms with van der Waals surface area (Å²) in [5, 5.41) is 13.6. The molecule has 0 aromatic carbocycles. The Balaban J connectivity index is 4.69. The highest BCUT2D eigenvalue weighted by molar-refractivity contribution is 7.47. The summed E-state index contributed by atoms with van der Waals surface area (Å²) >= 11 is 0. The van der Waals surface area contributed by atoms with E-state index >= 15 is 0 Å². The summed E-state index contributed by atoms with van der Waals surface area (Å²) < 4.78 is 23.2. The van der Waals surface area contributed by atoms with E-state index in [9.17, 15) is 19.4 Å². The molecule has 0 aliphatic heterocycles. The van der Waals surface area contributed by atoms with E-state index in [0.717, 1.165) is 38.5 Å². The lowest BCUT2D eigenvalue weighted by atomic mass is 10.1. The first-order valence-corrected chi connectivity index (χ1v) is 17.1. The summed E-state index contributed by atoms with van der Waals surface area (Å²) in [4.78, 5) is 22.7. The van der Waals surface area contributed by atoms with E-state index in [-0.39, 0.29) is 19.1 Å². The number of hydrogen-bond donors (Lipinski definition) is 3. The van der Waals surface area contributed by atoms with Crippen molar-refractivity contribution in [2.24, 2.45) is 0 Å². The Bertz CT molecular complexity index is 668. The molecule has 0 saturated heterocycles. The molecule has 0 aliphatic carbocycles. The number of amides is 1. The smallest absolute Gasteiger partial charge is 0.387 e. The molecule has 0 aromatic rings. The van der Waals surface area contributed by atoms with Crippen LogP contribution in [-0.4, -0.2) is 73.4 Å². The van der Waals surface area contributed by atoms with Gasteiger partial charge in [-0.15, -0.1) is 0 Å². The predicted molar refractivity (Wildman–Crippen MR) is 162 cm³/mol. The molecule has 0 spiro atoms. The van der Waals surface area contributed by atoms with Gasteiger partial charge in [-0.3, -0.25) is 13.8 Å². The Morgan fingerprint density at radius 3 is 1.90 bits per heavy atom. The fourth-order valence-corrected chi connectivity index (χ4v) is 4.89. The molecule has 0 aliphatic rings. The van der Waals surface area contributed by atoms with Crippen LogP contribution in [0.15, 0.2) is 12.2 Å². The topological polar surface area (TPSA) is 105 Å². The van der Waals surface area contributed by atoms with Crippen LogP contribution in [0.1, 0.15) is 123 Å². The standard InChI is InChI=1S/C30H61N2O6P/c1-6-8-10-12-14-16-17-19-21-23-29(33)28(27-38-39(35,36)37-26-25-32(3,4)5)31-30(34)24-22-20-18-15-13-11-9-7-2/h21,23,28-29,33H,6-20,22,24-27H2,1-5H3,(H-,31,34,35,36)/p+1/b23-21+. The second-order valence-electron chi connectivity index (χ2n) is 11.8. The van der Waals surface area contributed by atoms with Crippen LogP contribution < -0.4 is 5.32 Å². The van der Waals surface area contributed by atoms with Gasteiger partial charge in [-0.2, -0.15) is 0 Å². The number of carbonyl (C=O) groups excluding carboxylic acids is 1. The van der Waals surface area contributed by atoms with E-state index in [1.807, 2.05) is 27.2 Å². The van der Waals surface area contributed by atoms with Crippen LogP contribution in [0, 0.1) is 0 Å². The number of hydrogen-bond acceptors (Lipinski definition) is 5. The SMILES string of the molecule is CCCCCCCCC/C=C/C(O)C(COP(=O)(O)OCC[N+](C)(C)C)NC(=O)CCCCCCCCCC. The molecule has 0 rings (SSSR count). The van der Waals surface area contributed by atoms with Crippen molar-refractivity contribution in [2.75, 3.05) is 40.9 Å². The molecule has 3 atom stereocenters. The average Bonchev–Trinajstić information content (AvgIpc) is 2.86. The van der Waals surface area contributed by atoms with E-state index < -0.39 is 20.0 Å². The highest BCUT2D eigenvalue weighted by Crippen LogP contribution is 2.43. The number of aliphatic hydroxyl groups is 1. The molecular weight excluding hydrogens is 515 g/mol. The van der Waals surface area contributed by atoms with Crippen LogP contribution in [0.4, 0.5) is 0 Å². The number of unbranched alkanes of at least 4 members (excludes halogenated alkanes) is 14. The lowest BCUT2D eigenvalue weighted by Gasteiger charge is -2.25. The van der Waals surface area contributed by atoms with Gasteiger partial charge in [0.05, 0.1) is 39.9 Å². The first-order chi connectivity index (χ1) is 18.5. The number of phosphoric ester groups is 1. The van der Waals surface area contributed by atoms with Gasteiger partial charge in [-0.25, -0.2) is 4.57 Å². The number of quaternary nitrogens is 1. The van der Waals surface area contributed by atoms with E-state index in [0.29, 0.717) is 17.4 Å². The first kappa shape index (κ1) is 38.2. The third-order valence-electron chi connectivity index (χ3n) is 6.76. The van der Waals surface area contributed by atoms with Crippen molar-refractivity contribution < 1.29 is 32.9 Å². The fourth-order valence-electron chi connectivity index (χ4n) is 4.15. The highest BCUT2D eigenvalue weighted by Gasteiger charge is 2.27. The molecule has 3 N–H and O–H groups in total. The quantitative estimate of drug-likeness (QED) is 0.0425. The number of nitrogens with one attached hydrogen (secondary N) is 1. The normalized spacial score (nSPS) is 15.4. The highest BCUT2D eigenvalue weighted by atomic mass is 31.2. The van der Waals surface area contributed by atoms with Gasteiger partial charge in [0.25, 0.3) is 0 Å². The Morgan fingerprint density at radius 1 is 0.846 bits per heavy atom. The van der Waals surface area contributed by atoms with Gasteiger partial charge in [0, 0.05) is 6.42 Å². The van der Waals surface area contributed by atoms with Crippen LogP contribution in [0.5, 0.6) is 0 Å². The number of aliphatic hydroxyl groups excluding tert-OH is 1. The molecule has 0 bridgehead atoms. The van der Waals surface area contributed by atoms with Crippen LogP contribution >= 0.6 is 7.82 Å². The van der Waals surface area contributed by atoms with Crippen molar-refractivity contribution in [2.45, 2.75) is 135 Å². The monoisotopic (exact) mass is 577 g/mol. The van der Waals surface area contributed by atoms with Gasteiger partial charge < -0.3 is 19.8 Å². The van der Waals surface area contributed by atoms with Gasteiger partial charge in [-0.1, -0.05) is 109 Å². The largest absolute Gasteiger partial charge is 0.472 e. The molecule has 3 unspecified atom stereocenters. The minimum absolute atomic E-state index is 0.0631. The summed E-state index contributed by atoms with van der Waals surface area (Å²) in [6, 6.07) is -0.834. The van der Waals surface area contributed by atoms with Gasteiger partial charge in [0.2, 0.25) is 5.91 Å². The number of nitrogens with zero attached hydrogens (tertiary/aromatic N) is 1. The lowest BCUT2D eigenvalue weighted by molar-refractivity contribution is -0.870. The Hall–Kier alpha value is -0.760. The van der Waals surface area contributed by atoms with Gasteiger partial charge in [0.1, 0.15) is 13.2 Å². The van der Waals surface area contributed by atoms with Crippen molar-refractivity contribution in [1.82, 2.24) is 5.32 Å². The minimum Gasteiger partial charge on any atom is -0.387 e. The minimum atomic E-state index is -4.31. The summed E-state index contributed by atoms with van der Waals surface area (Å²) in [5.74, 6) is -0.187. The second kappa shape index (κ2) is 23.9. The third kappa shape index (κ3) is 25.9. The molecule has 0 fully saturated rings. The fraction of sp³-hybridized carbons (Fsp3) is 0.900. The zero-order chi connectivity index (χ0) is 29.4. The van der Waals surface area contributed by atoms with E-state index in [2.05, 4.69) is 19.2 Å². The van der Waals surface area contributed by atoms with Crippen molar-refractivity contribution in [3.63, 3.8) is 0 Å². The van der Waals surface area contributed by atoms with Gasteiger partial charge in [0.15, 0.2) is 0 Å². The van der Waals surface area contributed by atoms with Crippen molar-refractivity contribution >= 4 is 13.7 Å². The zero-order valence-electron chi connectivity index (χ0n) is 25.9. The number of phosphoric acid groups is 1. The van der Waals surface area contributed by atoms with Crippen molar-refractivity contribution in [1.29, 1.82) is 0 Å². The van der Waals surface area contributed by atoms with Crippen LogP contribution in [0.2, 0.25) is 0 Å². The molecular formula is C30H62N2O6P+. The predicted octanol–water partition coefficient (Wildman–Crippen LogP) is 6.90. The van der Waals surface area contributed by atoms with Gasteiger partial charge >= 0.3 is 7.82 Å². The molecule has 232 valence electrons. The van der Waals surface area contributed by atoms with Crippen LogP contribution in [0.25, 0.3) is 0 Å². The first-order valence-electron chi connectivity index (χ1n) is 15.6. The number of allylic oxidation sites excluding steroid dienone is 1. The summed E-state index contributed by atoms with van der Waals surface area (Å²) in [5.41, 5.74) is 0. The van der Waals surface area contributed by atoms with E-state index in [1.54, 1.807) is 6.08 Å². The van der Waals surface area contributed by atoms with Crippen LogP contribution in [-0.2, 0) is 18.4 Å². The maximum Gasteiger partial charge on any atom is 0.472 e. The lowest BCUT2D eigenvalue weighted by Crippen LogP contribution is -2.45. The summed E-state index contributed by atoms with van der Waals surface area (Å²) in [6.07, 6.45) is 21.4. The molecule has 0 heterocycles. The molecule has 1 amide bonds. The third-order valence-corrected chi connectivity index (χ3v) is 7.74. The molecule has 9 heteroatoms. The Kier molecular flexibility index (Phi) is 23.4. The van der Waals surface area contributed by atoms with E-state index in [4.69, 9.17) is 9.05 Å². The number of likely N-dealkylation sites (N-methyl/N-ethyl adjacent to an activating group) is 1. The van der Waals surface area contributed by atoms with Crippen molar-refractivity contribution in [3.8, 4) is 0 Å². The maximum absolute atomic E-state index is 12.6. The molecule has 39 heavy (non-hydrogen) atoms. The summed E-state index contributed by atoms with van der Waals surface area (Å²) in [7, 11) is 1.57. The second-order valence-corrected chi connectivity index (χ2v) is 13.3. The maximum atomic E-state index is 12.6. The molecule has 0 aromatic heterocycles.